The monoisotopic (exact) mass is 527 g/mol. The van der Waals surface area contributed by atoms with Crippen molar-refractivity contribution in [2.75, 3.05) is 52.7 Å². The third kappa shape index (κ3) is 16.8. The van der Waals surface area contributed by atoms with E-state index in [2.05, 4.69) is 22.5 Å². The predicted octanol–water partition coefficient (Wildman–Crippen LogP) is 3.51. The number of esters is 1. The van der Waals surface area contributed by atoms with Crippen LogP contribution in [0, 0.1) is 5.92 Å². The molecule has 0 radical (unpaired) electrons. The van der Waals surface area contributed by atoms with E-state index in [1.54, 1.807) is 0 Å². The highest BCUT2D eigenvalue weighted by molar-refractivity contribution is 14.0. The minimum Gasteiger partial charge on any atom is -0.466 e. The number of unbranched alkanes of at least 4 members (excludes halogenated alkanes) is 3. The number of nitrogens with one attached hydrogen (secondary N) is 2. The van der Waals surface area contributed by atoms with Crippen LogP contribution in [0.25, 0.3) is 0 Å². The molecule has 0 aromatic rings. The first-order valence-corrected chi connectivity index (χ1v) is 11.1. The number of ether oxygens (including phenoxy) is 3. The third-order valence-electron chi connectivity index (χ3n) is 4.66. The van der Waals surface area contributed by atoms with Crippen molar-refractivity contribution in [3.63, 3.8) is 0 Å². The molecule has 0 aromatic heterocycles. The number of aliphatic imine (C=N–C) groups is 1. The Morgan fingerprint density at radius 1 is 1.07 bits per heavy atom. The van der Waals surface area contributed by atoms with Gasteiger partial charge < -0.3 is 24.8 Å². The summed E-state index contributed by atoms with van der Waals surface area (Å²) in [6.45, 7) is 10.3. The molecular formula is C21H42IN3O4. The molecule has 1 saturated heterocycles. The second kappa shape index (κ2) is 20.7. The van der Waals surface area contributed by atoms with Crippen LogP contribution in [0.3, 0.4) is 0 Å². The van der Waals surface area contributed by atoms with Crippen LogP contribution in [-0.4, -0.2) is 64.6 Å². The molecule has 0 aromatic carbocycles. The molecule has 0 unspecified atom stereocenters. The van der Waals surface area contributed by atoms with Crippen LogP contribution in [0.15, 0.2) is 4.99 Å². The van der Waals surface area contributed by atoms with Gasteiger partial charge >= 0.3 is 5.97 Å². The molecule has 0 amide bonds. The maximum atomic E-state index is 11.3. The van der Waals surface area contributed by atoms with Crippen LogP contribution in [0.2, 0.25) is 0 Å². The number of carbonyl (C=O) groups is 1. The van der Waals surface area contributed by atoms with Gasteiger partial charge in [0.25, 0.3) is 0 Å². The number of nitrogens with zero attached hydrogens (tertiary/aromatic N) is 1. The fourth-order valence-corrected chi connectivity index (χ4v) is 3.05. The minimum atomic E-state index is -0.0843. The highest BCUT2D eigenvalue weighted by Gasteiger charge is 2.13. The summed E-state index contributed by atoms with van der Waals surface area (Å²) < 4.78 is 16.1. The maximum absolute atomic E-state index is 11.3. The van der Waals surface area contributed by atoms with Crippen LogP contribution >= 0.6 is 24.0 Å². The van der Waals surface area contributed by atoms with Crippen LogP contribution in [0.5, 0.6) is 0 Å². The first kappa shape index (κ1) is 28.4. The molecule has 1 aliphatic heterocycles. The predicted molar refractivity (Wildman–Crippen MR) is 128 cm³/mol. The average Bonchev–Trinajstić information content (AvgIpc) is 2.70. The van der Waals surface area contributed by atoms with Crippen molar-refractivity contribution < 1.29 is 19.0 Å². The Balaban J connectivity index is 0.00000784. The minimum absolute atomic E-state index is 0. The Morgan fingerprint density at radius 3 is 2.55 bits per heavy atom. The smallest absolute Gasteiger partial charge is 0.305 e. The van der Waals surface area contributed by atoms with Gasteiger partial charge in [-0.3, -0.25) is 9.79 Å². The third-order valence-corrected chi connectivity index (χ3v) is 4.66. The standard InChI is InChI=1S/C21H41N3O4.HI/c1-3-22-21(23-13-8-6-5-7-10-20(25)28-4-2)24-14-9-15-27-18-19-11-16-26-17-12-19;/h19H,3-18H2,1-2H3,(H2,22,23,24);1H. The Kier molecular flexibility index (Phi) is 20.2. The Morgan fingerprint density at radius 2 is 1.83 bits per heavy atom. The second-order valence-electron chi connectivity index (χ2n) is 7.14. The van der Waals surface area contributed by atoms with E-state index >= 15 is 0 Å². The molecular weight excluding hydrogens is 485 g/mol. The number of hydrogen-bond donors (Lipinski definition) is 2. The average molecular weight is 527 g/mol. The van der Waals surface area contributed by atoms with Gasteiger partial charge in [0.1, 0.15) is 0 Å². The van der Waals surface area contributed by atoms with E-state index in [0.29, 0.717) is 18.9 Å². The van der Waals surface area contributed by atoms with Gasteiger partial charge in [-0.15, -0.1) is 24.0 Å². The first-order chi connectivity index (χ1) is 13.8. The number of halogens is 1. The van der Waals surface area contributed by atoms with Crippen molar-refractivity contribution in [2.24, 2.45) is 10.9 Å². The van der Waals surface area contributed by atoms with Crippen LogP contribution < -0.4 is 10.6 Å². The number of rotatable bonds is 15. The van der Waals surface area contributed by atoms with E-state index in [-0.39, 0.29) is 29.9 Å². The summed E-state index contributed by atoms with van der Waals surface area (Å²) in [7, 11) is 0. The normalized spacial score (nSPS) is 14.9. The molecule has 172 valence electrons. The lowest BCUT2D eigenvalue weighted by Gasteiger charge is -2.21. The van der Waals surface area contributed by atoms with Crippen LogP contribution in [0.4, 0.5) is 0 Å². The van der Waals surface area contributed by atoms with Gasteiger partial charge in [-0.1, -0.05) is 12.8 Å². The van der Waals surface area contributed by atoms with E-state index in [9.17, 15) is 4.79 Å². The van der Waals surface area contributed by atoms with E-state index in [1.807, 2.05) is 6.92 Å². The molecule has 0 bridgehead atoms. The quantitative estimate of drug-likeness (QED) is 0.112. The van der Waals surface area contributed by atoms with E-state index in [1.165, 1.54) is 0 Å². The zero-order valence-electron chi connectivity index (χ0n) is 18.4. The lowest BCUT2D eigenvalue weighted by atomic mass is 10.0. The van der Waals surface area contributed by atoms with Gasteiger partial charge in [-0.05, 0) is 51.9 Å². The van der Waals surface area contributed by atoms with Gasteiger partial charge in [-0.25, -0.2) is 0 Å². The van der Waals surface area contributed by atoms with Gasteiger partial charge in [0, 0.05) is 52.5 Å². The van der Waals surface area contributed by atoms with Crippen molar-refractivity contribution in [2.45, 2.75) is 65.2 Å². The van der Waals surface area contributed by atoms with Gasteiger partial charge in [0.05, 0.1) is 6.61 Å². The lowest BCUT2D eigenvalue weighted by molar-refractivity contribution is -0.143. The van der Waals surface area contributed by atoms with Crippen LogP contribution in [0.1, 0.15) is 65.2 Å². The summed E-state index contributed by atoms with van der Waals surface area (Å²) in [5.74, 6) is 1.45. The number of carbonyl (C=O) groups excluding carboxylic acids is 1. The van der Waals surface area contributed by atoms with Gasteiger partial charge in [0.2, 0.25) is 0 Å². The Hall–Kier alpha value is -0.610. The highest BCUT2D eigenvalue weighted by atomic mass is 127. The topological polar surface area (TPSA) is 81.2 Å². The summed E-state index contributed by atoms with van der Waals surface area (Å²) in [6, 6.07) is 0. The number of hydrogen-bond acceptors (Lipinski definition) is 5. The summed E-state index contributed by atoms with van der Waals surface area (Å²) in [4.78, 5) is 15.9. The molecule has 29 heavy (non-hydrogen) atoms. The molecule has 2 N–H and O–H groups in total. The Bertz CT molecular complexity index is 419. The molecule has 1 heterocycles. The molecule has 7 nitrogen and oxygen atoms in total. The highest BCUT2D eigenvalue weighted by Crippen LogP contribution is 2.14. The Labute approximate surface area is 194 Å². The largest absolute Gasteiger partial charge is 0.466 e. The van der Waals surface area contributed by atoms with E-state index in [4.69, 9.17) is 14.2 Å². The zero-order chi connectivity index (χ0) is 20.3. The summed E-state index contributed by atoms with van der Waals surface area (Å²) in [6.07, 6.45) is 7.84. The molecule has 8 heteroatoms. The molecule has 0 spiro atoms. The SMILES string of the molecule is CCNC(=NCCCOCC1CCOCC1)NCCCCCCC(=O)OCC.I. The molecule has 0 saturated carbocycles. The maximum Gasteiger partial charge on any atom is 0.305 e. The van der Waals surface area contributed by atoms with E-state index < -0.39 is 0 Å². The molecule has 1 aliphatic rings. The van der Waals surface area contributed by atoms with Gasteiger partial charge in [0.15, 0.2) is 5.96 Å². The summed E-state index contributed by atoms with van der Waals surface area (Å²) in [5, 5.41) is 6.66. The summed E-state index contributed by atoms with van der Waals surface area (Å²) >= 11 is 0. The summed E-state index contributed by atoms with van der Waals surface area (Å²) in [5.41, 5.74) is 0. The molecule has 1 rings (SSSR count). The fourth-order valence-electron chi connectivity index (χ4n) is 3.05. The molecule has 0 atom stereocenters. The first-order valence-electron chi connectivity index (χ1n) is 11.1. The molecule has 1 fully saturated rings. The van der Waals surface area contributed by atoms with Crippen LogP contribution in [-0.2, 0) is 19.0 Å². The van der Waals surface area contributed by atoms with Gasteiger partial charge in [-0.2, -0.15) is 0 Å². The lowest BCUT2D eigenvalue weighted by Crippen LogP contribution is -2.37. The van der Waals surface area contributed by atoms with Crippen molar-refractivity contribution in [3.8, 4) is 0 Å². The van der Waals surface area contributed by atoms with Crippen molar-refractivity contribution in [1.29, 1.82) is 0 Å². The van der Waals surface area contributed by atoms with Crippen molar-refractivity contribution in [3.05, 3.63) is 0 Å². The molecule has 0 aliphatic carbocycles. The number of guanidine groups is 1. The van der Waals surface area contributed by atoms with Crippen molar-refractivity contribution in [1.82, 2.24) is 10.6 Å². The van der Waals surface area contributed by atoms with Crippen molar-refractivity contribution >= 4 is 35.9 Å². The fraction of sp³-hybridized carbons (Fsp3) is 0.905. The zero-order valence-corrected chi connectivity index (χ0v) is 20.7. The second-order valence-corrected chi connectivity index (χ2v) is 7.14. The van der Waals surface area contributed by atoms with E-state index in [0.717, 1.165) is 97.0 Å².